The van der Waals surface area contributed by atoms with Crippen LogP contribution in [0.25, 0.3) is 0 Å². The van der Waals surface area contributed by atoms with Crippen LogP contribution in [-0.4, -0.2) is 30.1 Å². The third kappa shape index (κ3) is 4.68. The van der Waals surface area contributed by atoms with Crippen LogP contribution in [0.3, 0.4) is 0 Å². The third-order valence-electron chi connectivity index (χ3n) is 4.38. The van der Waals surface area contributed by atoms with Crippen LogP contribution in [0.2, 0.25) is 15.1 Å². The minimum absolute atomic E-state index is 0.0181. The Balaban J connectivity index is 2.19. The van der Waals surface area contributed by atoms with Gasteiger partial charge in [-0.05, 0) is 43.3 Å². The van der Waals surface area contributed by atoms with Gasteiger partial charge in [-0.2, -0.15) is 0 Å². The summed E-state index contributed by atoms with van der Waals surface area (Å²) in [5.41, 5.74) is 5.83. The van der Waals surface area contributed by atoms with E-state index < -0.39 is 22.1 Å². The van der Waals surface area contributed by atoms with Crippen LogP contribution >= 0.6 is 34.8 Å². The van der Waals surface area contributed by atoms with Crippen molar-refractivity contribution in [3.05, 3.63) is 80.6 Å². The Bertz CT molecular complexity index is 1260. The van der Waals surface area contributed by atoms with Crippen molar-refractivity contribution in [1.82, 2.24) is 3.97 Å². The molecule has 0 aliphatic rings. The van der Waals surface area contributed by atoms with Gasteiger partial charge in [0.05, 0.1) is 12.3 Å². The predicted octanol–water partition coefficient (Wildman–Crippen LogP) is 4.53. The summed E-state index contributed by atoms with van der Waals surface area (Å²) in [6.45, 7) is 1.60. The van der Waals surface area contributed by atoms with Gasteiger partial charge >= 0.3 is 5.97 Å². The first-order chi connectivity index (χ1) is 14.6. The smallest absolute Gasteiger partial charge is 0.356 e. The van der Waals surface area contributed by atoms with Gasteiger partial charge in [-0.3, -0.25) is 0 Å². The molecule has 1 atom stereocenters. The van der Waals surface area contributed by atoms with Gasteiger partial charge in [0.1, 0.15) is 16.7 Å². The molecule has 0 saturated carbocycles. The number of ether oxygens (including phenoxy) is 1. The Morgan fingerprint density at radius 3 is 2.42 bits per heavy atom. The molecule has 1 heterocycles. The molecule has 3 rings (SSSR count). The molecule has 7 nitrogen and oxygen atoms in total. The number of aliphatic hydroxyl groups excluding tert-OH is 1. The molecule has 11 heteroatoms. The summed E-state index contributed by atoms with van der Waals surface area (Å²) in [5, 5.41) is 11.5. The van der Waals surface area contributed by atoms with Crippen molar-refractivity contribution < 1.29 is 23.1 Å². The van der Waals surface area contributed by atoms with Crippen molar-refractivity contribution in [2.75, 3.05) is 12.3 Å². The number of rotatable bonds is 6. The van der Waals surface area contributed by atoms with E-state index in [1.807, 2.05) is 0 Å². The van der Waals surface area contributed by atoms with Crippen LogP contribution in [-0.2, 0) is 14.8 Å². The number of hydrogen-bond acceptors (Lipinski definition) is 6. The van der Waals surface area contributed by atoms with E-state index in [0.29, 0.717) is 9.00 Å². The van der Waals surface area contributed by atoms with E-state index in [1.54, 1.807) is 6.92 Å². The molecular weight excluding hydrogens is 487 g/mol. The van der Waals surface area contributed by atoms with Crippen molar-refractivity contribution in [1.29, 1.82) is 0 Å². The Kier molecular flexibility index (Phi) is 6.88. The van der Waals surface area contributed by atoms with Crippen LogP contribution in [0.1, 0.15) is 34.6 Å². The predicted molar refractivity (Wildman–Crippen MR) is 119 cm³/mol. The average Bonchev–Trinajstić information content (AvgIpc) is 3.16. The van der Waals surface area contributed by atoms with E-state index in [0.717, 1.165) is 6.20 Å². The zero-order valence-electron chi connectivity index (χ0n) is 16.1. The number of aromatic nitrogens is 1. The zero-order valence-corrected chi connectivity index (χ0v) is 19.1. The van der Waals surface area contributed by atoms with E-state index in [9.17, 15) is 18.3 Å². The molecule has 0 aliphatic carbocycles. The summed E-state index contributed by atoms with van der Waals surface area (Å²) in [6, 6.07) is 9.63. The lowest BCUT2D eigenvalue weighted by Gasteiger charge is -2.12. The molecule has 0 bridgehead atoms. The highest BCUT2D eigenvalue weighted by atomic mass is 35.5. The van der Waals surface area contributed by atoms with Crippen LogP contribution < -0.4 is 5.73 Å². The van der Waals surface area contributed by atoms with Crippen molar-refractivity contribution in [3.8, 4) is 0 Å². The zero-order chi connectivity index (χ0) is 22.9. The van der Waals surface area contributed by atoms with Crippen LogP contribution in [0.15, 0.2) is 53.6 Å². The maximum atomic E-state index is 13.3. The minimum atomic E-state index is -4.36. The van der Waals surface area contributed by atoms with Crippen molar-refractivity contribution in [2.24, 2.45) is 0 Å². The maximum Gasteiger partial charge on any atom is 0.356 e. The number of nitrogens with zero attached hydrogens (tertiary/aromatic N) is 1. The fourth-order valence-electron chi connectivity index (χ4n) is 2.91. The summed E-state index contributed by atoms with van der Waals surface area (Å²) in [6.07, 6.45) is -0.233. The first-order valence-electron chi connectivity index (χ1n) is 8.89. The van der Waals surface area contributed by atoms with Gasteiger partial charge in [0.25, 0.3) is 10.0 Å². The van der Waals surface area contributed by atoms with Crippen LogP contribution in [0, 0.1) is 0 Å². The fourth-order valence-corrected chi connectivity index (χ4v) is 5.16. The summed E-state index contributed by atoms with van der Waals surface area (Å²) >= 11 is 18.0. The Morgan fingerprint density at radius 1 is 1.13 bits per heavy atom. The molecular formula is C20H17Cl3N2O5S. The largest absolute Gasteiger partial charge is 0.461 e. The number of halogens is 3. The second kappa shape index (κ2) is 9.10. The number of carbonyl (C=O) groups excluding carboxylic acids is 1. The molecule has 1 unspecified atom stereocenters. The molecule has 0 radical (unpaired) electrons. The first kappa shape index (κ1) is 23.4. The highest BCUT2D eigenvalue weighted by Crippen LogP contribution is 2.33. The quantitative estimate of drug-likeness (QED) is 0.378. The minimum Gasteiger partial charge on any atom is -0.461 e. The van der Waals surface area contributed by atoms with Crippen molar-refractivity contribution in [3.63, 3.8) is 0 Å². The molecule has 0 spiro atoms. The maximum absolute atomic E-state index is 13.3. The fraction of sp³-hybridized carbons (Fsp3) is 0.150. The first-order valence-corrected chi connectivity index (χ1v) is 11.5. The Morgan fingerprint density at radius 2 is 1.77 bits per heavy atom. The van der Waals surface area contributed by atoms with Crippen molar-refractivity contribution >= 4 is 56.5 Å². The van der Waals surface area contributed by atoms with E-state index in [4.69, 9.17) is 45.3 Å². The van der Waals surface area contributed by atoms with Gasteiger partial charge in [-0.15, -0.1) is 0 Å². The Hall–Kier alpha value is -2.23. The number of anilines is 1. The molecule has 0 amide bonds. The molecule has 3 N–H and O–H groups in total. The SMILES string of the molecule is CCOC(=O)c1cc(C(O)c2ccc(Cl)cc2Cl)cn1S(=O)(=O)c1cc(Cl)ccc1N. The van der Waals surface area contributed by atoms with Gasteiger partial charge in [0.15, 0.2) is 0 Å². The number of benzene rings is 2. The molecule has 0 fully saturated rings. The number of esters is 1. The third-order valence-corrected chi connectivity index (χ3v) is 6.90. The molecule has 2 aromatic carbocycles. The average molecular weight is 504 g/mol. The lowest BCUT2D eigenvalue weighted by Crippen LogP contribution is -2.20. The van der Waals surface area contributed by atoms with Gasteiger partial charge in [0.2, 0.25) is 0 Å². The molecule has 0 saturated heterocycles. The number of nitrogens with two attached hydrogens (primary N) is 1. The number of hydrogen-bond donors (Lipinski definition) is 2. The van der Waals surface area contributed by atoms with Gasteiger partial charge in [0, 0.05) is 32.4 Å². The van der Waals surface area contributed by atoms with Crippen LogP contribution in [0.5, 0.6) is 0 Å². The number of aliphatic hydroxyl groups is 1. The number of nitrogen functional groups attached to an aromatic ring is 1. The van der Waals surface area contributed by atoms with E-state index in [-0.39, 0.29) is 44.1 Å². The van der Waals surface area contributed by atoms with E-state index in [1.165, 1.54) is 42.5 Å². The van der Waals surface area contributed by atoms with Gasteiger partial charge < -0.3 is 15.6 Å². The summed E-state index contributed by atoms with van der Waals surface area (Å²) in [5.74, 6) is -0.896. The standard InChI is InChI=1S/C20H17Cl3N2O5S/c1-2-30-20(27)17-7-11(19(26)14-5-3-12(21)8-15(14)23)10-25(17)31(28,29)18-9-13(22)4-6-16(18)24/h3-10,19,26H,2,24H2,1H3. The second-order valence-corrected chi connectivity index (χ2v) is 9.49. The summed E-state index contributed by atoms with van der Waals surface area (Å²) in [4.78, 5) is 12.2. The summed E-state index contributed by atoms with van der Waals surface area (Å²) in [7, 11) is -4.36. The topological polar surface area (TPSA) is 112 Å². The van der Waals surface area contributed by atoms with Gasteiger partial charge in [-0.1, -0.05) is 40.9 Å². The summed E-state index contributed by atoms with van der Waals surface area (Å²) < 4.78 is 32.3. The molecule has 0 aliphatic heterocycles. The highest BCUT2D eigenvalue weighted by Gasteiger charge is 2.29. The molecule has 3 aromatic rings. The molecule has 164 valence electrons. The van der Waals surface area contributed by atoms with E-state index in [2.05, 4.69) is 0 Å². The van der Waals surface area contributed by atoms with E-state index >= 15 is 0 Å². The van der Waals surface area contributed by atoms with Crippen molar-refractivity contribution in [2.45, 2.75) is 17.9 Å². The molecule has 1 aromatic heterocycles. The Labute approximate surface area is 194 Å². The molecule has 31 heavy (non-hydrogen) atoms. The normalized spacial score (nSPS) is 12.5. The van der Waals surface area contributed by atoms with Gasteiger partial charge in [-0.25, -0.2) is 17.2 Å². The van der Waals surface area contributed by atoms with Crippen LogP contribution in [0.4, 0.5) is 5.69 Å². The highest BCUT2D eigenvalue weighted by molar-refractivity contribution is 7.90. The number of carbonyl (C=O) groups is 1. The lowest BCUT2D eigenvalue weighted by molar-refractivity contribution is 0.0518. The monoisotopic (exact) mass is 502 g/mol. The second-order valence-electron chi connectivity index (χ2n) is 6.43. The lowest BCUT2D eigenvalue weighted by atomic mass is 10.0.